The highest BCUT2D eigenvalue weighted by atomic mass is 35.5. The van der Waals surface area contributed by atoms with E-state index in [4.69, 9.17) is 0 Å². The molecule has 154 valence electrons. The van der Waals surface area contributed by atoms with Gasteiger partial charge in [-0.15, -0.1) is 12.4 Å². The third-order valence-electron chi connectivity index (χ3n) is 5.29. The molecule has 0 aromatic carbocycles. The Hall–Kier alpha value is -1.99. The fourth-order valence-corrected chi connectivity index (χ4v) is 3.94. The Kier molecular flexibility index (Phi) is 7.55. The molecule has 1 aliphatic heterocycles. The largest absolute Gasteiger partial charge is 0.342 e. The van der Waals surface area contributed by atoms with Gasteiger partial charge in [0, 0.05) is 35.7 Å². The van der Waals surface area contributed by atoms with Crippen LogP contribution in [-0.2, 0) is 11.2 Å². The molecule has 1 amide bonds. The van der Waals surface area contributed by atoms with Gasteiger partial charge in [-0.2, -0.15) is 5.10 Å². The highest BCUT2D eigenvalue weighted by Crippen LogP contribution is 2.21. The van der Waals surface area contributed by atoms with E-state index in [-0.39, 0.29) is 18.3 Å². The summed E-state index contributed by atoms with van der Waals surface area (Å²) in [5, 5.41) is 7.85. The zero-order valence-electron chi connectivity index (χ0n) is 17.4. The molecular weight excluding hydrogens is 376 g/mol. The van der Waals surface area contributed by atoms with Gasteiger partial charge in [0.1, 0.15) is 0 Å². The molecule has 2 aromatic heterocycles. The van der Waals surface area contributed by atoms with Crippen molar-refractivity contribution in [2.45, 2.75) is 47.0 Å². The lowest BCUT2D eigenvalue weighted by Crippen LogP contribution is -2.43. The standard InChI is InChI=1S/C20H30N6O.ClH/c1-13-9-14(2)23-20(22-13)26-16(4)18(15(3)24-26)10-19(27)25-8-6-7-17(12-25)11-21-5;/h9,17,21H,6-8,10-12H2,1-5H3;1H. The highest BCUT2D eigenvalue weighted by Gasteiger charge is 2.25. The van der Waals surface area contributed by atoms with Gasteiger partial charge in [-0.3, -0.25) is 4.79 Å². The molecular formula is C20H31ClN6O. The van der Waals surface area contributed by atoms with Gasteiger partial charge in [0.05, 0.1) is 12.1 Å². The van der Waals surface area contributed by atoms with Gasteiger partial charge in [-0.05, 0) is 66.1 Å². The van der Waals surface area contributed by atoms with Crippen LogP contribution < -0.4 is 5.32 Å². The Bertz CT molecular complexity index is 812. The lowest BCUT2D eigenvalue weighted by atomic mass is 9.97. The number of amides is 1. The van der Waals surface area contributed by atoms with Crippen LogP contribution in [0.2, 0.25) is 0 Å². The van der Waals surface area contributed by atoms with E-state index >= 15 is 0 Å². The van der Waals surface area contributed by atoms with Crippen LogP contribution in [0, 0.1) is 33.6 Å². The number of hydrogen-bond acceptors (Lipinski definition) is 5. The first-order valence-corrected chi connectivity index (χ1v) is 9.69. The second kappa shape index (κ2) is 9.47. The van der Waals surface area contributed by atoms with Crippen LogP contribution in [0.1, 0.15) is 41.2 Å². The van der Waals surface area contributed by atoms with Crippen molar-refractivity contribution < 1.29 is 4.79 Å². The lowest BCUT2D eigenvalue weighted by Gasteiger charge is -2.32. The van der Waals surface area contributed by atoms with Crippen molar-refractivity contribution >= 4 is 18.3 Å². The molecule has 1 aliphatic rings. The second-order valence-corrected chi connectivity index (χ2v) is 7.59. The Balaban J connectivity index is 0.00000280. The number of nitrogens with zero attached hydrogens (tertiary/aromatic N) is 5. The molecule has 0 spiro atoms. The molecule has 7 nitrogen and oxygen atoms in total. The monoisotopic (exact) mass is 406 g/mol. The first-order valence-electron chi connectivity index (χ1n) is 9.69. The first kappa shape index (κ1) is 22.3. The summed E-state index contributed by atoms with van der Waals surface area (Å²) in [7, 11) is 1.97. The fourth-order valence-electron chi connectivity index (χ4n) is 3.94. The SMILES string of the molecule is CNCC1CCCN(C(=O)Cc2c(C)nn(-c3nc(C)cc(C)n3)c2C)C1.Cl. The van der Waals surface area contributed by atoms with Crippen LogP contribution in [0.5, 0.6) is 0 Å². The summed E-state index contributed by atoms with van der Waals surface area (Å²) in [5.74, 6) is 1.29. The van der Waals surface area contributed by atoms with Gasteiger partial charge in [0.25, 0.3) is 5.95 Å². The number of nitrogens with one attached hydrogen (secondary N) is 1. The van der Waals surface area contributed by atoms with Crippen molar-refractivity contribution in [3.63, 3.8) is 0 Å². The van der Waals surface area contributed by atoms with Gasteiger partial charge in [0.15, 0.2) is 0 Å². The van der Waals surface area contributed by atoms with Crippen molar-refractivity contribution in [2.24, 2.45) is 5.92 Å². The average molecular weight is 407 g/mol. The molecule has 0 saturated carbocycles. The summed E-state index contributed by atoms with van der Waals surface area (Å²) in [6.45, 7) is 10.5. The Morgan fingerprint density at radius 3 is 2.54 bits per heavy atom. The molecule has 1 fully saturated rings. The molecule has 0 aliphatic carbocycles. The van der Waals surface area contributed by atoms with E-state index in [2.05, 4.69) is 20.4 Å². The normalized spacial score (nSPS) is 16.8. The predicted octanol–water partition coefficient (Wildman–Crippen LogP) is 2.32. The summed E-state index contributed by atoms with van der Waals surface area (Å²) in [5.41, 5.74) is 4.61. The van der Waals surface area contributed by atoms with Gasteiger partial charge >= 0.3 is 0 Å². The minimum Gasteiger partial charge on any atom is -0.342 e. The molecule has 1 saturated heterocycles. The summed E-state index contributed by atoms with van der Waals surface area (Å²) >= 11 is 0. The first-order chi connectivity index (χ1) is 12.9. The van der Waals surface area contributed by atoms with E-state index in [9.17, 15) is 4.79 Å². The van der Waals surface area contributed by atoms with E-state index in [1.165, 1.54) is 6.42 Å². The fraction of sp³-hybridized carbons (Fsp3) is 0.600. The van der Waals surface area contributed by atoms with Crippen molar-refractivity contribution in [1.29, 1.82) is 0 Å². The quantitative estimate of drug-likeness (QED) is 0.824. The highest BCUT2D eigenvalue weighted by molar-refractivity contribution is 5.85. The topological polar surface area (TPSA) is 75.9 Å². The number of piperidine rings is 1. The summed E-state index contributed by atoms with van der Waals surface area (Å²) in [6.07, 6.45) is 2.64. The molecule has 8 heteroatoms. The Morgan fingerprint density at radius 1 is 1.21 bits per heavy atom. The van der Waals surface area contributed by atoms with Gasteiger partial charge < -0.3 is 10.2 Å². The van der Waals surface area contributed by atoms with E-state index < -0.39 is 0 Å². The minimum atomic E-state index is 0. The van der Waals surface area contributed by atoms with Crippen LogP contribution in [-0.4, -0.2) is 57.2 Å². The van der Waals surface area contributed by atoms with Gasteiger partial charge in [-0.1, -0.05) is 0 Å². The molecule has 1 unspecified atom stereocenters. The molecule has 0 radical (unpaired) electrons. The Morgan fingerprint density at radius 2 is 1.89 bits per heavy atom. The van der Waals surface area contributed by atoms with E-state index in [1.807, 2.05) is 45.7 Å². The summed E-state index contributed by atoms with van der Waals surface area (Å²) < 4.78 is 1.76. The maximum absolute atomic E-state index is 12.9. The Labute approximate surface area is 173 Å². The molecule has 0 bridgehead atoms. The number of likely N-dealkylation sites (tertiary alicyclic amines) is 1. The molecule has 1 atom stereocenters. The number of halogens is 1. The van der Waals surface area contributed by atoms with Crippen LogP contribution in [0.25, 0.3) is 5.95 Å². The number of hydrogen-bond donors (Lipinski definition) is 1. The summed E-state index contributed by atoms with van der Waals surface area (Å²) in [4.78, 5) is 23.9. The molecule has 1 N–H and O–H groups in total. The molecule has 3 rings (SSSR count). The lowest BCUT2D eigenvalue weighted by molar-refractivity contribution is -0.132. The van der Waals surface area contributed by atoms with E-state index in [1.54, 1.807) is 4.68 Å². The number of carbonyl (C=O) groups excluding carboxylic acids is 1. The number of aryl methyl sites for hydroxylation is 3. The maximum Gasteiger partial charge on any atom is 0.251 e. The van der Waals surface area contributed by atoms with Crippen molar-refractivity contribution in [3.05, 3.63) is 34.4 Å². The zero-order valence-corrected chi connectivity index (χ0v) is 18.3. The van der Waals surface area contributed by atoms with Gasteiger partial charge in [-0.25, -0.2) is 14.6 Å². The van der Waals surface area contributed by atoms with Crippen molar-refractivity contribution in [2.75, 3.05) is 26.7 Å². The number of carbonyl (C=O) groups is 1. The summed E-state index contributed by atoms with van der Waals surface area (Å²) in [6, 6.07) is 1.94. The number of rotatable bonds is 5. The van der Waals surface area contributed by atoms with E-state index in [0.717, 1.165) is 54.4 Å². The zero-order chi connectivity index (χ0) is 19.6. The van der Waals surface area contributed by atoms with Crippen LogP contribution in [0.15, 0.2) is 6.07 Å². The smallest absolute Gasteiger partial charge is 0.251 e. The van der Waals surface area contributed by atoms with Gasteiger partial charge in [0.2, 0.25) is 5.91 Å². The van der Waals surface area contributed by atoms with Crippen molar-refractivity contribution in [1.82, 2.24) is 30.0 Å². The van der Waals surface area contributed by atoms with Crippen molar-refractivity contribution in [3.8, 4) is 5.95 Å². The van der Waals surface area contributed by atoms with Crippen LogP contribution in [0.4, 0.5) is 0 Å². The molecule has 28 heavy (non-hydrogen) atoms. The molecule has 3 heterocycles. The maximum atomic E-state index is 12.9. The second-order valence-electron chi connectivity index (χ2n) is 7.59. The molecule has 2 aromatic rings. The third kappa shape index (κ3) is 4.89. The van der Waals surface area contributed by atoms with Crippen LogP contribution >= 0.6 is 12.4 Å². The van der Waals surface area contributed by atoms with E-state index in [0.29, 0.717) is 18.3 Å². The third-order valence-corrected chi connectivity index (χ3v) is 5.29. The predicted molar refractivity (Wildman–Crippen MR) is 112 cm³/mol. The average Bonchev–Trinajstić information content (AvgIpc) is 2.89. The minimum absolute atomic E-state index is 0. The van der Waals surface area contributed by atoms with Crippen LogP contribution in [0.3, 0.4) is 0 Å². The number of aromatic nitrogens is 4.